The van der Waals surface area contributed by atoms with Crippen molar-refractivity contribution in [3.05, 3.63) is 24.4 Å². The molecule has 0 aliphatic heterocycles. The lowest BCUT2D eigenvalue weighted by Gasteiger charge is -2.23. The molecule has 0 aromatic carbocycles. The molecule has 3 heteroatoms. The Hall–Kier alpha value is -0.673. The van der Waals surface area contributed by atoms with E-state index in [0.717, 1.165) is 24.7 Å². The van der Waals surface area contributed by atoms with Gasteiger partial charge in [0.15, 0.2) is 0 Å². The lowest BCUT2D eigenvalue weighted by atomic mass is 9.90. The summed E-state index contributed by atoms with van der Waals surface area (Å²) in [6.07, 6.45) is 9.81. The predicted molar refractivity (Wildman–Crippen MR) is 86.7 cm³/mol. The van der Waals surface area contributed by atoms with E-state index in [1.807, 2.05) is 12.3 Å². The van der Waals surface area contributed by atoms with Gasteiger partial charge in [-0.15, -0.1) is 0 Å². The van der Waals surface area contributed by atoms with Crippen molar-refractivity contribution in [1.29, 1.82) is 0 Å². The molecule has 1 aromatic heterocycles. The van der Waals surface area contributed by atoms with Crippen molar-refractivity contribution >= 4 is 14.1 Å². The van der Waals surface area contributed by atoms with Crippen LogP contribution in [0.1, 0.15) is 46.0 Å². The van der Waals surface area contributed by atoms with Gasteiger partial charge in [0.1, 0.15) is 8.80 Å². The highest BCUT2D eigenvalue weighted by atomic mass is 28.3. The maximum atomic E-state index is 6.10. The van der Waals surface area contributed by atoms with Crippen molar-refractivity contribution in [2.45, 2.75) is 52.0 Å². The highest BCUT2D eigenvalue weighted by molar-refractivity contribution is 6.72. The van der Waals surface area contributed by atoms with Gasteiger partial charge in [0.2, 0.25) is 0 Å². The molecule has 0 amide bonds. The maximum Gasteiger partial charge on any atom is 0.141 e. The van der Waals surface area contributed by atoms with Crippen LogP contribution in [0.3, 0.4) is 0 Å². The maximum absolute atomic E-state index is 6.10. The third kappa shape index (κ3) is 5.37. The fourth-order valence-corrected chi connectivity index (χ4v) is 5.42. The summed E-state index contributed by atoms with van der Waals surface area (Å²) in [4.78, 5) is 4.56. The fraction of sp³-hybridized carbons (Fsp3) is 0.706. The smallest absolute Gasteiger partial charge is 0.141 e. The first kappa shape index (κ1) is 15.7. The molecule has 0 saturated heterocycles. The molecule has 2 nitrogen and oxygen atoms in total. The Bertz CT molecular complexity index is 363. The second-order valence-corrected chi connectivity index (χ2v) is 8.85. The topological polar surface area (TPSA) is 22.1 Å². The van der Waals surface area contributed by atoms with Gasteiger partial charge in [0.05, 0.1) is 0 Å². The van der Waals surface area contributed by atoms with Crippen LogP contribution in [0.2, 0.25) is 6.04 Å². The van der Waals surface area contributed by atoms with Gasteiger partial charge in [0, 0.05) is 24.4 Å². The molecule has 2 rings (SSSR count). The molecule has 1 aliphatic carbocycles. The molecule has 0 atom stereocenters. The van der Waals surface area contributed by atoms with Crippen LogP contribution in [-0.2, 0) is 4.74 Å². The second kappa shape index (κ2) is 8.58. The lowest BCUT2D eigenvalue weighted by molar-refractivity contribution is 0.115. The minimum absolute atomic E-state index is 0.655. The van der Waals surface area contributed by atoms with Crippen molar-refractivity contribution < 1.29 is 4.74 Å². The van der Waals surface area contributed by atoms with Crippen molar-refractivity contribution in [1.82, 2.24) is 4.98 Å². The minimum atomic E-state index is -0.655. The third-order valence-corrected chi connectivity index (χ3v) is 6.92. The number of hydrogen-bond donors (Lipinski definition) is 0. The van der Waals surface area contributed by atoms with Gasteiger partial charge < -0.3 is 4.74 Å². The van der Waals surface area contributed by atoms with Crippen LogP contribution >= 0.6 is 0 Å². The average molecular weight is 291 g/mol. The molecule has 1 aliphatic rings. The molecule has 1 heterocycles. The Kier molecular flexibility index (Phi) is 6.74. The number of nitrogens with zero attached hydrogens (tertiary/aromatic N) is 1. The van der Waals surface area contributed by atoms with Gasteiger partial charge in [-0.2, -0.15) is 0 Å². The van der Waals surface area contributed by atoms with Crippen LogP contribution in [0.25, 0.3) is 0 Å². The Morgan fingerprint density at radius 3 is 2.70 bits per heavy atom. The molecule has 1 saturated carbocycles. The number of rotatable bonds is 7. The zero-order chi connectivity index (χ0) is 14.2. The normalized spacial score (nSPS) is 17.0. The van der Waals surface area contributed by atoms with E-state index >= 15 is 0 Å². The minimum Gasteiger partial charge on any atom is -0.384 e. The van der Waals surface area contributed by atoms with Gasteiger partial charge in [-0.3, -0.25) is 4.98 Å². The molecule has 1 fully saturated rings. The summed E-state index contributed by atoms with van der Waals surface area (Å²) in [7, 11) is -0.655. The van der Waals surface area contributed by atoms with E-state index in [1.54, 1.807) is 0 Å². The number of aromatic nitrogens is 1. The quantitative estimate of drug-likeness (QED) is 0.716. The van der Waals surface area contributed by atoms with Crippen LogP contribution in [0.15, 0.2) is 24.4 Å². The summed E-state index contributed by atoms with van der Waals surface area (Å²) in [5.74, 6) is 1.54. The third-order valence-electron chi connectivity index (χ3n) is 4.04. The lowest BCUT2D eigenvalue weighted by Crippen LogP contribution is -2.39. The highest BCUT2D eigenvalue weighted by Gasteiger charge is 2.19. The average Bonchev–Trinajstić information content (AvgIpc) is 2.48. The molecule has 0 spiro atoms. The summed E-state index contributed by atoms with van der Waals surface area (Å²) in [6.45, 7) is 5.57. The zero-order valence-corrected chi connectivity index (χ0v) is 14.0. The predicted octanol–water partition coefficient (Wildman–Crippen LogP) is 3.58. The summed E-state index contributed by atoms with van der Waals surface area (Å²) in [5.41, 5.74) is 0. The van der Waals surface area contributed by atoms with Crippen LogP contribution in [-0.4, -0.2) is 26.6 Å². The first-order valence-corrected chi connectivity index (χ1v) is 10.0. The number of pyridine rings is 1. The molecule has 0 bridgehead atoms. The molecule has 0 unspecified atom stereocenters. The van der Waals surface area contributed by atoms with Gasteiger partial charge in [-0.1, -0.05) is 39.2 Å². The summed E-state index contributed by atoms with van der Waals surface area (Å²) < 4.78 is 6.10. The molecule has 20 heavy (non-hydrogen) atoms. The van der Waals surface area contributed by atoms with Gasteiger partial charge in [-0.25, -0.2) is 0 Å². The van der Waals surface area contributed by atoms with E-state index in [9.17, 15) is 0 Å². The standard InChI is InChI=1S/C17H28NOSi/c1-15(2)13-20(17-10-6-7-11-18-17)14-19-12-16-8-4-3-5-9-16/h6-7,10-11,15-16H,3-5,8-9,12-14H2,1-2H3. The first-order valence-electron chi connectivity index (χ1n) is 8.09. The monoisotopic (exact) mass is 290 g/mol. The van der Waals surface area contributed by atoms with E-state index < -0.39 is 8.80 Å². The Labute approximate surface area is 125 Å². The molecule has 1 aromatic rings. The molecule has 111 valence electrons. The van der Waals surface area contributed by atoms with E-state index in [2.05, 4.69) is 31.0 Å². The van der Waals surface area contributed by atoms with Crippen LogP contribution in [0, 0.1) is 11.8 Å². The SMILES string of the molecule is CC(C)C[Si](COCC1CCCCC1)c1ccccn1. The van der Waals surface area contributed by atoms with E-state index in [1.165, 1.54) is 43.5 Å². The number of hydrogen-bond acceptors (Lipinski definition) is 2. The van der Waals surface area contributed by atoms with Gasteiger partial charge in [-0.05, 0) is 42.9 Å². The molecule has 0 N–H and O–H groups in total. The van der Waals surface area contributed by atoms with E-state index in [4.69, 9.17) is 4.74 Å². The van der Waals surface area contributed by atoms with Crippen molar-refractivity contribution in [3.8, 4) is 0 Å². The van der Waals surface area contributed by atoms with Crippen LogP contribution in [0.4, 0.5) is 0 Å². The summed E-state index contributed by atoms with van der Waals surface area (Å²) in [5, 5.41) is 1.29. The van der Waals surface area contributed by atoms with E-state index in [0.29, 0.717) is 0 Å². The largest absolute Gasteiger partial charge is 0.384 e. The molecular weight excluding hydrogens is 262 g/mol. The number of ether oxygens (including phenoxy) is 1. The molecular formula is C17H28NOSi. The highest BCUT2D eigenvalue weighted by Crippen LogP contribution is 2.23. The fourth-order valence-electron chi connectivity index (χ4n) is 3.00. The van der Waals surface area contributed by atoms with Crippen LogP contribution in [0.5, 0.6) is 0 Å². The van der Waals surface area contributed by atoms with Crippen molar-refractivity contribution in [3.63, 3.8) is 0 Å². The van der Waals surface area contributed by atoms with Crippen molar-refractivity contribution in [2.24, 2.45) is 11.8 Å². The van der Waals surface area contributed by atoms with E-state index in [-0.39, 0.29) is 0 Å². The summed E-state index contributed by atoms with van der Waals surface area (Å²) >= 11 is 0. The van der Waals surface area contributed by atoms with Gasteiger partial charge >= 0.3 is 0 Å². The Morgan fingerprint density at radius 2 is 2.05 bits per heavy atom. The first-order chi connectivity index (χ1) is 9.75. The van der Waals surface area contributed by atoms with Crippen LogP contribution < -0.4 is 5.32 Å². The zero-order valence-electron chi connectivity index (χ0n) is 13.0. The second-order valence-electron chi connectivity index (χ2n) is 6.44. The molecule has 1 radical (unpaired) electrons. The Balaban J connectivity index is 1.81. The van der Waals surface area contributed by atoms with Crippen molar-refractivity contribution in [2.75, 3.05) is 12.8 Å². The van der Waals surface area contributed by atoms with Gasteiger partial charge in [0.25, 0.3) is 0 Å². The summed E-state index contributed by atoms with van der Waals surface area (Å²) in [6, 6.07) is 7.54. The Morgan fingerprint density at radius 1 is 1.25 bits per heavy atom.